The molecular weight excluding hydrogens is 376 g/mol. The Morgan fingerprint density at radius 1 is 0.967 bits per heavy atom. The maximum absolute atomic E-state index is 13.1. The molecule has 2 heterocycles. The van der Waals surface area contributed by atoms with Crippen LogP contribution in [0.4, 0.5) is 10.5 Å². The second kappa shape index (κ2) is 9.98. The molecule has 0 saturated heterocycles. The molecule has 1 aliphatic rings. The Morgan fingerprint density at radius 2 is 1.77 bits per heavy atom. The molecule has 0 aliphatic heterocycles. The number of benzene rings is 1. The maximum atomic E-state index is 13.1. The smallest absolute Gasteiger partial charge is 0.322 e. The van der Waals surface area contributed by atoms with E-state index in [4.69, 9.17) is 4.74 Å². The van der Waals surface area contributed by atoms with Gasteiger partial charge in [0.2, 0.25) is 0 Å². The summed E-state index contributed by atoms with van der Waals surface area (Å²) in [4.78, 5) is 23.1. The Hall–Kier alpha value is -3.25. The summed E-state index contributed by atoms with van der Waals surface area (Å²) >= 11 is 0. The standard InChI is InChI=1S/C24H26N4O2/c29-24(27-23-5-1-3-21(13-23)18-30-17-20-6-7-20)28(15-19-8-11-25-12-9-19)16-22-4-2-10-26-14-22/h1-5,8-14,20H,6-7,15-18H2,(H,27,29). The van der Waals surface area contributed by atoms with Crippen molar-refractivity contribution < 1.29 is 9.53 Å². The van der Waals surface area contributed by atoms with E-state index in [0.717, 1.165) is 34.9 Å². The summed E-state index contributed by atoms with van der Waals surface area (Å²) in [5, 5.41) is 3.03. The molecular formula is C24H26N4O2. The van der Waals surface area contributed by atoms with Crippen LogP contribution in [0.15, 0.2) is 73.3 Å². The topological polar surface area (TPSA) is 67.3 Å². The van der Waals surface area contributed by atoms with Gasteiger partial charge in [0, 0.05) is 50.2 Å². The Labute approximate surface area is 176 Å². The fraction of sp³-hybridized carbons (Fsp3) is 0.292. The first-order valence-corrected chi connectivity index (χ1v) is 10.3. The van der Waals surface area contributed by atoms with E-state index in [-0.39, 0.29) is 6.03 Å². The highest BCUT2D eigenvalue weighted by molar-refractivity contribution is 5.89. The summed E-state index contributed by atoms with van der Waals surface area (Å²) in [6.45, 7) is 2.33. The summed E-state index contributed by atoms with van der Waals surface area (Å²) in [5.74, 6) is 0.738. The number of hydrogen-bond donors (Lipinski definition) is 1. The van der Waals surface area contributed by atoms with E-state index in [1.54, 1.807) is 29.7 Å². The predicted molar refractivity (Wildman–Crippen MR) is 116 cm³/mol. The zero-order valence-electron chi connectivity index (χ0n) is 16.9. The number of rotatable bonds is 9. The molecule has 2 aromatic heterocycles. The number of hydrogen-bond acceptors (Lipinski definition) is 4. The molecule has 3 aromatic rings. The summed E-state index contributed by atoms with van der Waals surface area (Å²) < 4.78 is 5.77. The van der Waals surface area contributed by atoms with Crippen LogP contribution in [-0.4, -0.2) is 27.5 Å². The highest BCUT2D eigenvalue weighted by Crippen LogP contribution is 2.29. The second-order valence-corrected chi connectivity index (χ2v) is 7.66. The van der Waals surface area contributed by atoms with Crippen LogP contribution in [0.25, 0.3) is 0 Å². The molecule has 0 atom stereocenters. The van der Waals surface area contributed by atoms with Gasteiger partial charge in [0.05, 0.1) is 6.61 Å². The first-order chi connectivity index (χ1) is 14.8. The van der Waals surface area contributed by atoms with E-state index in [1.807, 2.05) is 48.5 Å². The van der Waals surface area contributed by atoms with Gasteiger partial charge in [-0.3, -0.25) is 9.97 Å². The maximum Gasteiger partial charge on any atom is 0.322 e. The van der Waals surface area contributed by atoms with Gasteiger partial charge in [-0.05, 0) is 65.8 Å². The molecule has 4 rings (SSSR count). The van der Waals surface area contributed by atoms with Crippen LogP contribution in [0, 0.1) is 5.92 Å². The third-order valence-corrected chi connectivity index (χ3v) is 5.00. The zero-order valence-corrected chi connectivity index (χ0v) is 16.9. The first kappa shape index (κ1) is 20.0. The molecule has 1 aromatic carbocycles. The first-order valence-electron chi connectivity index (χ1n) is 10.3. The van der Waals surface area contributed by atoms with Crippen molar-refractivity contribution in [2.24, 2.45) is 5.92 Å². The van der Waals surface area contributed by atoms with E-state index in [9.17, 15) is 4.79 Å². The Balaban J connectivity index is 1.42. The van der Waals surface area contributed by atoms with Crippen LogP contribution in [0.5, 0.6) is 0 Å². The SMILES string of the molecule is O=C(Nc1cccc(COCC2CC2)c1)N(Cc1ccncc1)Cc1cccnc1. The molecule has 0 bridgehead atoms. The van der Waals surface area contributed by atoms with Gasteiger partial charge >= 0.3 is 6.03 Å². The van der Waals surface area contributed by atoms with Crippen LogP contribution in [0.3, 0.4) is 0 Å². The van der Waals surface area contributed by atoms with Gasteiger partial charge in [-0.15, -0.1) is 0 Å². The van der Waals surface area contributed by atoms with Gasteiger partial charge in [-0.1, -0.05) is 18.2 Å². The zero-order chi connectivity index (χ0) is 20.6. The highest BCUT2D eigenvalue weighted by Gasteiger charge is 2.21. The van der Waals surface area contributed by atoms with Crippen molar-refractivity contribution in [2.45, 2.75) is 32.5 Å². The Kier molecular flexibility index (Phi) is 6.67. The number of aromatic nitrogens is 2. The van der Waals surface area contributed by atoms with Crippen molar-refractivity contribution in [2.75, 3.05) is 11.9 Å². The number of nitrogens with zero attached hydrogens (tertiary/aromatic N) is 3. The minimum Gasteiger partial charge on any atom is -0.376 e. The van der Waals surface area contributed by atoms with Crippen LogP contribution < -0.4 is 5.32 Å². The summed E-state index contributed by atoms with van der Waals surface area (Å²) in [6, 6.07) is 15.4. The minimum atomic E-state index is -0.160. The van der Waals surface area contributed by atoms with E-state index >= 15 is 0 Å². The van der Waals surface area contributed by atoms with E-state index in [1.165, 1.54) is 12.8 Å². The number of urea groups is 1. The van der Waals surface area contributed by atoms with Crippen LogP contribution in [0.2, 0.25) is 0 Å². The summed E-state index contributed by atoms with van der Waals surface area (Å²) in [6.07, 6.45) is 9.54. The molecule has 6 nitrogen and oxygen atoms in total. The van der Waals surface area contributed by atoms with Gasteiger partial charge in [-0.25, -0.2) is 4.79 Å². The Bertz CT molecular complexity index is 904. The molecule has 0 unspecified atom stereocenters. The van der Waals surface area contributed by atoms with Gasteiger partial charge in [0.25, 0.3) is 0 Å². The lowest BCUT2D eigenvalue weighted by Crippen LogP contribution is -2.34. The van der Waals surface area contributed by atoms with E-state index < -0.39 is 0 Å². The number of pyridine rings is 2. The van der Waals surface area contributed by atoms with Crippen LogP contribution >= 0.6 is 0 Å². The third-order valence-electron chi connectivity index (χ3n) is 5.00. The van der Waals surface area contributed by atoms with Crippen molar-refractivity contribution in [1.82, 2.24) is 14.9 Å². The number of amides is 2. The fourth-order valence-electron chi connectivity index (χ4n) is 3.19. The number of nitrogens with one attached hydrogen (secondary N) is 1. The lowest BCUT2D eigenvalue weighted by molar-refractivity contribution is 0.111. The molecule has 1 N–H and O–H groups in total. The van der Waals surface area contributed by atoms with E-state index in [0.29, 0.717) is 19.7 Å². The highest BCUT2D eigenvalue weighted by atomic mass is 16.5. The molecule has 6 heteroatoms. The van der Waals surface area contributed by atoms with Crippen LogP contribution in [-0.2, 0) is 24.4 Å². The second-order valence-electron chi connectivity index (χ2n) is 7.66. The lowest BCUT2D eigenvalue weighted by atomic mass is 10.2. The molecule has 1 saturated carbocycles. The quantitative estimate of drug-likeness (QED) is 0.566. The molecule has 0 spiro atoms. The molecule has 30 heavy (non-hydrogen) atoms. The van der Waals surface area contributed by atoms with Crippen molar-refractivity contribution in [1.29, 1.82) is 0 Å². The van der Waals surface area contributed by atoms with E-state index in [2.05, 4.69) is 15.3 Å². The molecule has 154 valence electrons. The predicted octanol–water partition coefficient (Wildman–Crippen LogP) is 4.64. The van der Waals surface area contributed by atoms with Gasteiger partial charge < -0.3 is 15.0 Å². The average molecular weight is 402 g/mol. The number of anilines is 1. The number of carbonyl (C=O) groups excluding carboxylic acids is 1. The monoisotopic (exact) mass is 402 g/mol. The Morgan fingerprint density at radius 3 is 2.53 bits per heavy atom. The molecule has 1 fully saturated rings. The molecule has 0 radical (unpaired) electrons. The van der Waals surface area contributed by atoms with Gasteiger partial charge in [0.1, 0.15) is 0 Å². The van der Waals surface area contributed by atoms with Gasteiger partial charge in [-0.2, -0.15) is 0 Å². The molecule has 2 amide bonds. The van der Waals surface area contributed by atoms with Crippen molar-refractivity contribution in [3.05, 3.63) is 90.0 Å². The van der Waals surface area contributed by atoms with Crippen LogP contribution in [0.1, 0.15) is 29.5 Å². The van der Waals surface area contributed by atoms with Crippen molar-refractivity contribution >= 4 is 11.7 Å². The third kappa shape index (κ3) is 6.12. The van der Waals surface area contributed by atoms with Gasteiger partial charge in [0.15, 0.2) is 0 Å². The summed E-state index contributed by atoms with van der Waals surface area (Å²) in [7, 11) is 0. The fourth-order valence-corrected chi connectivity index (χ4v) is 3.19. The molecule has 1 aliphatic carbocycles. The lowest BCUT2D eigenvalue weighted by Gasteiger charge is -2.23. The largest absolute Gasteiger partial charge is 0.376 e. The number of ether oxygens (including phenoxy) is 1. The average Bonchev–Trinajstić information content (AvgIpc) is 3.59. The number of carbonyl (C=O) groups is 1. The summed E-state index contributed by atoms with van der Waals surface area (Å²) in [5.41, 5.74) is 3.81. The van der Waals surface area contributed by atoms with Crippen molar-refractivity contribution in [3.63, 3.8) is 0 Å². The normalized spacial score (nSPS) is 13.1. The van der Waals surface area contributed by atoms with Crippen molar-refractivity contribution in [3.8, 4) is 0 Å². The minimum absolute atomic E-state index is 0.160.